The highest BCUT2D eigenvalue weighted by molar-refractivity contribution is 5.97. The van der Waals surface area contributed by atoms with E-state index >= 15 is 0 Å². The predicted molar refractivity (Wildman–Crippen MR) is 81.3 cm³/mol. The number of hydrogen-bond acceptors (Lipinski definition) is 5. The monoisotopic (exact) mass is 292 g/mol. The van der Waals surface area contributed by atoms with Crippen molar-refractivity contribution in [3.05, 3.63) is 18.1 Å². The van der Waals surface area contributed by atoms with Crippen molar-refractivity contribution in [3.8, 4) is 0 Å². The Hall–Kier alpha value is -1.69. The lowest BCUT2D eigenvalue weighted by molar-refractivity contribution is 0.0903. The number of nitrogens with zero attached hydrogens (tertiary/aromatic N) is 3. The van der Waals surface area contributed by atoms with Crippen molar-refractivity contribution in [2.24, 2.45) is 5.92 Å². The first-order valence-corrected chi connectivity index (χ1v) is 7.59. The van der Waals surface area contributed by atoms with Crippen LogP contribution in [-0.2, 0) is 0 Å². The number of amides is 1. The minimum atomic E-state index is -0.260. The molecule has 2 N–H and O–H groups in total. The molecule has 116 valence electrons. The van der Waals surface area contributed by atoms with Crippen LogP contribution in [0.2, 0.25) is 0 Å². The van der Waals surface area contributed by atoms with Crippen molar-refractivity contribution in [3.63, 3.8) is 0 Å². The summed E-state index contributed by atoms with van der Waals surface area (Å²) in [6.07, 6.45) is 6.11. The molecule has 0 bridgehead atoms. The average Bonchev–Trinajstić information content (AvgIpc) is 3.00. The summed E-state index contributed by atoms with van der Waals surface area (Å²) >= 11 is 0. The summed E-state index contributed by atoms with van der Waals surface area (Å²) in [7, 11) is 0. The number of nitrogens with one attached hydrogen (secondary N) is 1. The molecule has 0 unspecified atom stereocenters. The lowest BCUT2D eigenvalue weighted by Gasteiger charge is -2.21. The Kier molecular flexibility index (Phi) is 5.50. The zero-order valence-corrected chi connectivity index (χ0v) is 12.7. The Morgan fingerprint density at radius 3 is 2.62 bits per heavy atom. The van der Waals surface area contributed by atoms with Crippen molar-refractivity contribution in [2.45, 2.75) is 39.2 Å². The molecule has 2 rings (SSSR count). The molecule has 1 atom stereocenters. The van der Waals surface area contributed by atoms with Crippen molar-refractivity contribution >= 4 is 11.7 Å². The number of carbonyl (C=O) groups is 1. The molecule has 1 saturated heterocycles. The number of anilines is 1. The van der Waals surface area contributed by atoms with Crippen LogP contribution in [0.15, 0.2) is 12.4 Å². The quantitative estimate of drug-likeness (QED) is 0.824. The summed E-state index contributed by atoms with van der Waals surface area (Å²) in [5.41, 5.74) is 0.349. The van der Waals surface area contributed by atoms with Gasteiger partial charge in [-0.05, 0) is 25.2 Å². The van der Waals surface area contributed by atoms with Gasteiger partial charge in [-0.1, -0.05) is 13.8 Å². The van der Waals surface area contributed by atoms with Gasteiger partial charge >= 0.3 is 0 Å². The Labute approximate surface area is 125 Å². The number of aliphatic hydroxyl groups is 1. The molecular formula is C15H24N4O2. The van der Waals surface area contributed by atoms with E-state index in [1.165, 1.54) is 6.20 Å². The third-order valence-corrected chi connectivity index (χ3v) is 3.61. The van der Waals surface area contributed by atoms with Gasteiger partial charge in [0.1, 0.15) is 0 Å². The van der Waals surface area contributed by atoms with E-state index in [0.29, 0.717) is 17.4 Å². The fourth-order valence-corrected chi connectivity index (χ4v) is 2.65. The topological polar surface area (TPSA) is 78.3 Å². The molecule has 1 amide bonds. The van der Waals surface area contributed by atoms with Crippen LogP contribution in [0.25, 0.3) is 0 Å². The molecule has 0 saturated carbocycles. The maximum atomic E-state index is 12.4. The number of aromatic nitrogens is 2. The molecule has 6 heteroatoms. The van der Waals surface area contributed by atoms with Crippen molar-refractivity contribution in [2.75, 3.05) is 24.6 Å². The van der Waals surface area contributed by atoms with E-state index in [0.717, 1.165) is 32.4 Å². The van der Waals surface area contributed by atoms with Crippen LogP contribution < -0.4 is 10.2 Å². The summed E-state index contributed by atoms with van der Waals surface area (Å²) in [5.74, 6) is 0.792. The first-order chi connectivity index (χ1) is 10.1. The second kappa shape index (κ2) is 7.36. The van der Waals surface area contributed by atoms with Gasteiger partial charge in [0.2, 0.25) is 0 Å². The lowest BCUT2D eigenvalue weighted by Crippen LogP contribution is -2.39. The summed E-state index contributed by atoms with van der Waals surface area (Å²) in [4.78, 5) is 23.0. The van der Waals surface area contributed by atoms with Crippen LogP contribution in [0.4, 0.5) is 5.82 Å². The van der Waals surface area contributed by atoms with E-state index in [9.17, 15) is 9.90 Å². The van der Waals surface area contributed by atoms with Crippen LogP contribution in [0.1, 0.15) is 43.6 Å². The minimum absolute atomic E-state index is 0.0662. The summed E-state index contributed by atoms with van der Waals surface area (Å²) < 4.78 is 0. The minimum Gasteiger partial charge on any atom is -0.394 e. The molecule has 1 aliphatic rings. The van der Waals surface area contributed by atoms with Crippen molar-refractivity contribution < 1.29 is 9.90 Å². The number of carbonyl (C=O) groups excluding carboxylic acids is 1. The Morgan fingerprint density at radius 1 is 1.33 bits per heavy atom. The second-order valence-electron chi connectivity index (χ2n) is 5.91. The molecular weight excluding hydrogens is 268 g/mol. The summed E-state index contributed by atoms with van der Waals surface area (Å²) in [6, 6.07) is -0.245. The molecule has 1 aromatic heterocycles. The van der Waals surface area contributed by atoms with Gasteiger partial charge in [0, 0.05) is 25.5 Å². The largest absolute Gasteiger partial charge is 0.394 e. The van der Waals surface area contributed by atoms with Crippen LogP contribution in [-0.4, -0.2) is 46.7 Å². The van der Waals surface area contributed by atoms with Gasteiger partial charge in [-0.25, -0.2) is 9.97 Å². The zero-order valence-electron chi connectivity index (χ0n) is 12.7. The Morgan fingerprint density at radius 2 is 2.00 bits per heavy atom. The van der Waals surface area contributed by atoms with Gasteiger partial charge in [-0.15, -0.1) is 0 Å². The molecule has 1 fully saturated rings. The lowest BCUT2D eigenvalue weighted by atomic mass is 10.0. The van der Waals surface area contributed by atoms with Gasteiger partial charge < -0.3 is 15.3 Å². The first-order valence-electron chi connectivity index (χ1n) is 7.59. The average molecular weight is 292 g/mol. The highest BCUT2D eigenvalue weighted by Gasteiger charge is 2.23. The number of hydrogen-bond donors (Lipinski definition) is 2. The van der Waals surface area contributed by atoms with Crippen molar-refractivity contribution in [1.82, 2.24) is 15.3 Å². The molecule has 6 nitrogen and oxygen atoms in total. The van der Waals surface area contributed by atoms with E-state index < -0.39 is 0 Å². The molecule has 0 aromatic carbocycles. The second-order valence-corrected chi connectivity index (χ2v) is 5.91. The highest BCUT2D eigenvalue weighted by Crippen LogP contribution is 2.20. The Bertz CT molecular complexity index is 472. The van der Waals surface area contributed by atoms with E-state index in [1.54, 1.807) is 6.20 Å². The number of rotatable bonds is 6. The molecule has 1 aliphatic heterocycles. The maximum absolute atomic E-state index is 12.4. The Balaban J connectivity index is 2.11. The zero-order chi connectivity index (χ0) is 15.2. The predicted octanol–water partition coefficient (Wildman–Crippen LogP) is 1.21. The first kappa shape index (κ1) is 15.7. The van der Waals surface area contributed by atoms with E-state index in [1.807, 2.05) is 0 Å². The van der Waals surface area contributed by atoms with Crippen molar-refractivity contribution in [1.29, 1.82) is 0 Å². The normalized spacial score (nSPS) is 16.3. The highest BCUT2D eigenvalue weighted by atomic mass is 16.3. The van der Waals surface area contributed by atoms with Gasteiger partial charge in [-0.2, -0.15) is 0 Å². The number of aliphatic hydroxyl groups excluding tert-OH is 1. The van der Waals surface area contributed by atoms with Crippen LogP contribution in [0.5, 0.6) is 0 Å². The van der Waals surface area contributed by atoms with E-state index in [-0.39, 0.29) is 18.6 Å². The molecule has 21 heavy (non-hydrogen) atoms. The summed E-state index contributed by atoms with van der Waals surface area (Å²) in [5, 5.41) is 12.3. The standard InChI is InChI=1S/C15H24N4O2/c1-11(2)9-12(10-20)18-15(21)13-14(17-6-5-16-13)19-7-3-4-8-19/h5-6,11-12,20H,3-4,7-10H2,1-2H3,(H,18,21)/t12-/m0/s1. The van der Waals surface area contributed by atoms with Crippen LogP contribution in [0.3, 0.4) is 0 Å². The molecule has 2 heterocycles. The maximum Gasteiger partial charge on any atom is 0.274 e. The van der Waals surface area contributed by atoms with Gasteiger partial charge in [0.15, 0.2) is 11.5 Å². The third-order valence-electron chi connectivity index (χ3n) is 3.61. The fraction of sp³-hybridized carbons (Fsp3) is 0.667. The molecule has 0 spiro atoms. The van der Waals surface area contributed by atoms with E-state index in [4.69, 9.17) is 0 Å². The van der Waals surface area contributed by atoms with Crippen LogP contribution >= 0.6 is 0 Å². The van der Waals surface area contributed by atoms with Gasteiger partial charge in [0.25, 0.3) is 5.91 Å². The SMILES string of the molecule is CC(C)C[C@@H](CO)NC(=O)c1nccnc1N1CCCC1. The van der Waals surface area contributed by atoms with Gasteiger partial charge in [0.05, 0.1) is 12.6 Å². The van der Waals surface area contributed by atoms with Crippen LogP contribution in [0, 0.1) is 5.92 Å². The fourth-order valence-electron chi connectivity index (χ4n) is 2.65. The molecule has 0 radical (unpaired) electrons. The van der Waals surface area contributed by atoms with Gasteiger partial charge in [-0.3, -0.25) is 4.79 Å². The van der Waals surface area contributed by atoms with E-state index in [2.05, 4.69) is 34.0 Å². The summed E-state index contributed by atoms with van der Waals surface area (Å²) in [6.45, 7) is 5.88. The molecule has 0 aliphatic carbocycles. The molecule has 1 aromatic rings. The smallest absolute Gasteiger partial charge is 0.274 e. The third kappa shape index (κ3) is 4.14.